The van der Waals surface area contributed by atoms with E-state index in [1.807, 2.05) is 43.3 Å². The fraction of sp³-hybridized carbons (Fsp3) is 0.235. The van der Waals surface area contributed by atoms with Crippen molar-refractivity contribution < 1.29 is 14.3 Å². The van der Waals surface area contributed by atoms with Crippen molar-refractivity contribution in [3.05, 3.63) is 59.2 Å². The second-order valence-electron chi connectivity index (χ2n) is 4.80. The van der Waals surface area contributed by atoms with Gasteiger partial charge in [0.25, 0.3) is 0 Å². The predicted molar refractivity (Wildman–Crippen MR) is 76.3 cm³/mol. The summed E-state index contributed by atoms with van der Waals surface area (Å²) in [5, 5.41) is 0. The molecule has 0 saturated carbocycles. The predicted octanol–water partition coefficient (Wildman–Crippen LogP) is 3.95. The van der Waals surface area contributed by atoms with Crippen LogP contribution in [0.2, 0.25) is 0 Å². The number of para-hydroxylation sites is 1. The Morgan fingerprint density at radius 2 is 1.95 bits per heavy atom. The molecule has 0 radical (unpaired) electrons. The molecule has 3 heteroatoms. The monoisotopic (exact) mass is 268 g/mol. The number of hydrogen-bond acceptors (Lipinski definition) is 3. The molecule has 0 N–H and O–H groups in total. The summed E-state index contributed by atoms with van der Waals surface area (Å²) in [6.07, 6.45) is 1.52. The minimum Gasteiger partial charge on any atom is -0.462 e. The van der Waals surface area contributed by atoms with E-state index in [2.05, 4.69) is 0 Å². The molecule has 2 aromatic rings. The molecule has 20 heavy (non-hydrogen) atoms. The van der Waals surface area contributed by atoms with Crippen LogP contribution in [0.5, 0.6) is 11.5 Å². The van der Waals surface area contributed by atoms with Crippen molar-refractivity contribution >= 4 is 5.97 Å². The summed E-state index contributed by atoms with van der Waals surface area (Å²) in [6, 6.07) is 13.4. The first kappa shape index (κ1) is 12.7. The van der Waals surface area contributed by atoms with Crippen LogP contribution in [0, 0.1) is 0 Å². The summed E-state index contributed by atoms with van der Waals surface area (Å²) in [7, 11) is 0. The SMILES string of the molecule is CCCOC(=O)c1cccc2c1Cc1ccccc1O2. The molecule has 0 aliphatic carbocycles. The molecule has 102 valence electrons. The van der Waals surface area contributed by atoms with E-state index in [9.17, 15) is 4.79 Å². The third-order valence-electron chi connectivity index (χ3n) is 3.35. The van der Waals surface area contributed by atoms with Crippen LogP contribution in [0.1, 0.15) is 34.8 Å². The van der Waals surface area contributed by atoms with Crippen LogP contribution < -0.4 is 4.74 Å². The first-order chi connectivity index (χ1) is 9.79. The van der Waals surface area contributed by atoms with Crippen molar-refractivity contribution in [3.8, 4) is 11.5 Å². The Bertz CT molecular complexity index is 646. The van der Waals surface area contributed by atoms with Gasteiger partial charge >= 0.3 is 5.97 Å². The molecular formula is C17H16O3. The van der Waals surface area contributed by atoms with Gasteiger partial charge in [-0.2, -0.15) is 0 Å². The molecule has 3 rings (SSSR count). The van der Waals surface area contributed by atoms with Crippen molar-refractivity contribution in [1.29, 1.82) is 0 Å². The van der Waals surface area contributed by atoms with Gasteiger partial charge in [0.05, 0.1) is 12.2 Å². The van der Waals surface area contributed by atoms with E-state index in [1.165, 1.54) is 0 Å². The molecule has 0 amide bonds. The number of ether oxygens (including phenoxy) is 2. The lowest BCUT2D eigenvalue weighted by molar-refractivity contribution is 0.0503. The van der Waals surface area contributed by atoms with Crippen molar-refractivity contribution in [1.82, 2.24) is 0 Å². The summed E-state index contributed by atoms with van der Waals surface area (Å²) in [5.41, 5.74) is 2.61. The number of rotatable bonds is 3. The normalized spacial score (nSPS) is 12.1. The van der Waals surface area contributed by atoms with Gasteiger partial charge in [0.1, 0.15) is 11.5 Å². The lowest BCUT2D eigenvalue weighted by Crippen LogP contribution is -2.12. The molecule has 0 aromatic heterocycles. The van der Waals surface area contributed by atoms with Gasteiger partial charge in [-0.05, 0) is 30.2 Å². The van der Waals surface area contributed by atoms with Crippen LogP contribution in [0.3, 0.4) is 0 Å². The fourth-order valence-electron chi connectivity index (χ4n) is 2.37. The average Bonchev–Trinajstić information content (AvgIpc) is 2.50. The fourth-order valence-corrected chi connectivity index (χ4v) is 2.37. The smallest absolute Gasteiger partial charge is 0.338 e. The Labute approximate surface area is 118 Å². The Morgan fingerprint density at radius 3 is 2.80 bits per heavy atom. The Kier molecular flexibility index (Phi) is 3.42. The summed E-state index contributed by atoms with van der Waals surface area (Å²) < 4.78 is 11.1. The molecule has 0 bridgehead atoms. The summed E-state index contributed by atoms with van der Waals surface area (Å²) in [6.45, 7) is 2.42. The van der Waals surface area contributed by atoms with Gasteiger partial charge in [-0.3, -0.25) is 0 Å². The average molecular weight is 268 g/mol. The highest BCUT2D eigenvalue weighted by Crippen LogP contribution is 2.37. The first-order valence-electron chi connectivity index (χ1n) is 6.84. The van der Waals surface area contributed by atoms with E-state index in [-0.39, 0.29) is 5.97 Å². The van der Waals surface area contributed by atoms with Crippen molar-refractivity contribution in [2.45, 2.75) is 19.8 Å². The summed E-state index contributed by atoms with van der Waals surface area (Å²) >= 11 is 0. The summed E-state index contributed by atoms with van der Waals surface area (Å²) in [4.78, 5) is 12.1. The second-order valence-corrected chi connectivity index (χ2v) is 4.80. The van der Waals surface area contributed by atoms with E-state index in [1.54, 1.807) is 6.07 Å². The third-order valence-corrected chi connectivity index (χ3v) is 3.35. The number of hydrogen-bond donors (Lipinski definition) is 0. The number of carbonyl (C=O) groups is 1. The molecular weight excluding hydrogens is 252 g/mol. The second kappa shape index (κ2) is 5.37. The minimum atomic E-state index is -0.272. The molecule has 0 unspecified atom stereocenters. The zero-order valence-electron chi connectivity index (χ0n) is 11.4. The van der Waals surface area contributed by atoms with Crippen molar-refractivity contribution in [2.75, 3.05) is 6.61 Å². The van der Waals surface area contributed by atoms with E-state index in [0.29, 0.717) is 18.6 Å². The van der Waals surface area contributed by atoms with Crippen molar-refractivity contribution in [3.63, 3.8) is 0 Å². The third kappa shape index (κ3) is 2.27. The van der Waals surface area contributed by atoms with Gasteiger partial charge in [-0.25, -0.2) is 4.79 Å². The molecule has 1 aliphatic rings. The quantitative estimate of drug-likeness (QED) is 0.675. The zero-order valence-corrected chi connectivity index (χ0v) is 11.4. The molecule has 1 heterocycles. The number of carbonyl (C=O) groups excluding carboxylic acids is 1. The molecule has 0 saturated heterocycles. The van der Waals surface area contributed by atoms with E-state index in [0.717, 1.165) is 29.0 Å². The lowest BCUT2D eigenvalue weighted by Gasteiger charge is -2.21. The van der Waals surface area contributed by atoms with Gasteiger partial charge in [0.15, 0.2) is 0 Å². The molecule has 0 fully saturated rings. The number of benzene rings is 2. The van der Waals surface area contributed by atoms with Crippen LogP contribution in [0.25, 0.3) is 0 Å². The van der Waals surface area contributed by atoms with Crippen molar-refractivity contribution in [2.24, 2.45) is 0 Å². The van der Waals surface area contributed by atoms with Crippen LogP contribution in [-0.2, 0) is 11.2 Å². The van der Waals surface area contributed by atoms with Crippen LogP contribution >= 0.6 is 0 Å². The summed E-state index contributed by atoms with van der Waals surface area (Å²) in [5.74, 6) is 1.33. The van der Waals surface area contributed by atoms with Gasteiger partial charge in [0.2, 0.25) is 0 Å². The largest absolute Gasteiger partial charge is 0.462 e. The number of fused-ring (bicyclic) bond motifs is 2. The highest BCUT2D eigenvalue weighted by Gasteiger charge is 2.22. The standard InChI is InChI=1S/C17H16O3/c1-2-10-19-17(18)13-7-5-9-16-14(13)11-12-6-3-4-8-15(12)20-16/h3-9H,2,10-11H2,1H3. The van der Waals surface area contributed by atoms with E-state index >= 15 is 0 Å². The maximum Gasteiger partial charge on any atom is 0.338 e. The van der Waals surface area contributed by atoms with Gasteiger partial charge in [-0.15, -0.1) is 0 Å². The maximum absolute atomic E-state index is 12.1. The Balaban J connectivity index is 1.96. The minimum absolute atomic E-state index is 0.272. The van der Waals surface area contributed by atoms with Crippen LogP contribution in [-0.4, -0.2) is 12.6 Å². The van der Waals surface area contributed by atoms with Gasteiger partial charge in [-0.1, -0.05) is 31.2 Å². The van der Waals surface area contributed by atoms with E-state index in [4.69, 9.17) is 9.47 Å². The highest BCUT2D eigenvalue weighted by molar-refractivity contribution is 5.92. The topological polar surface area (TPSA) is 35.5 Å². The Morgan fingerprint density at radius 1 is 1.15 bits per heavy atom. The van der Waals surface area contributed by atoms with Crippen LogP contribution in [0.4, 0.5) is 0 Å². The molecule has 3 nitrogen and oxygen atoms in total. The van der Waals surface area contributed by atoms with Gasteiger partial charge in [0, 0.05) is 12.0 Å². The number of esters is 1. The maximum atomic E-state index is 12.1. The van der Waals surface area contributed by atoms with Gasteiger partial charge < -0.3 is 9.47 Å². The Hall–Kier alpha value is -2.29. The molecule has 2 aromatic carbocycles. The molecule has 0 atom stereocenters. The lowest BCUT2D eigenvalue weighted by atomic mass is 9.96. The first-order valence-corrected chi connectivity index (χ1v) is 6.84. The zero-order chi connectivity index (χ0) is 13.9. The van der Waals surface area contributed by atoms with Crippen LogP contribution in [0.15, 0.2) is 42.5 Å². The molecule has 0 spiro atoms. The molecule has 1 aliphatic heterocycles. The van der Waals surface area contributed by atoms with E-state index < -0.39 is 0 Å². The highest BCUT2D eigenvalue weighted by atomic mass is 16.5.